The first-order valence-electron chi connectivity index (χ1n) is 11.7. The van der Waals surface area contributed by atoms with Gasteiger partial charge in [0.05, 0.1) is 16.1 Å². The van der Waals surface area contributed by atoms with Crippen molar-refractivity contribution >= 4 is 27.3 Å². The highest BCUT2D eigenvalue weighted by atomic mass is 32.2. The zero-order valence-electron chi connectivity index (χ0n) is 22.2. The van der Waals surface area contributed by atoms with Gasteiger partial charge in [-0.15, -0.1) is 4.36 Å². The minimum atomic E-state index is -3.70. The molecule has 35 heavy (non-hydrogen) atoms. The van der Waals surface area contributed by atoms with Gasteiger partial charge in [0.1, 0.15) is 9.92 Å². The molecule has 0 aliphatic rings. The number of anilines is 2. The Morgan fingerprint density at radius 3 is 1.69 bits per heavy atom. The van der Waals surface area contributed by atoms with Crippen LogP contribution in [0.15, 0.2) is 39.6 Å². The van der Waals surface area contributed by atoms with Crippen LogP contribution in [0, 0.1) is 0 Å². The molecule has 2 amide bonds. The van der Waals surface area contributed by atoms with Gasteiger partial charge in [0.15, 0.2) is 0 Å². The Hall–Kier alpha value is -2.46. The molecule has 1 atom stereocenters. The number of amides is 2. The van der Waals surface area contributed by atoms with Crippen LogP contribution in [0.1, 0.15) is 89.5 Å². The molecule has 0 aliphatic carbocycles. The number of urea groups is 1. The van der Waals surface area contributed by atoms with Crippen molar-refractivity contribution in [3.05, 3.63) is 52.6 Å². The van der Waals surface area contributed by atoms with Crippen LogP contribution in [0.5, 0.6) is 0 Å². The normalized spacial score (nSPS) is 14.1. The first-order valence-corrected chi connectivity index (χ1v) is 13.3. The Bertz CT molecular complexity index is 1150. The number of rotatable bonds is 7. The summed E-state index contributed by atoms with van der Waals surface area (Å²) in [5.41, 5.74) is 1.60. The fraction of sp³-hybridized carbons (Fsp3) is 0.500. The number of nitrogens with zero attached hydrogens (tertiary/aromatic N) is 1. The summed E-state index contributed by atoms with van der Waals surface area (Å²) in [4.78, 5) is 13.1. The molecule has 2 aromatic rings. The Morgan fingerprint density at radius 1 is 0.914 bits per heavy atom. The lowest BCUT2D eigenvalue weighted by Gasteiger charge is -2.25. The summed E-state index contributed by atoms with van der Waals surface area (Å²) in [6, 6.07) is 7.62. The number of benzene rings is 2. The van der Waals surface area contributed by atoms with E-state index in [2.05, 4.69) is 15.0 Å². The maximum Gasteiger partial charge on any atom is 0.354 e. The van der Waals surface area contributed by atoms with Crippen molar-refractivity contribution in [1.82, 2.24) is 0 Å². The van der Waals surface area contributed by atoms with Crippen LogP contribution in [0.4, 0.5) is 16.2 Å². The van der Waals surface area contributed by atoms with E-state index in [1.807, 2.05) is 46.9 Å². The standard InChI is InChI=1S/C26H40N4O4S/c1-15(2)21-13-19(28-9)14-22(16(3)4)23(21)29-24(31)30-35(27,34)20-11-17(25(5,6)32)10-18(12-20)26(7,8)33/h10-16,28,32-33H,1-9H3,(H3,27,29,30,31,34)/t35-/m1/s1. The second-order valence-corrected chi connectivity index (χ2v) is 12.3. The number of carbonyl (C=O) groups is 1. The third-order valence-corrected chi connectivity index (χ3v) is 7.19. The van der Waals surface area contributed by atoms with Crippen molar-refractivity contribution in [2.24, 2.45) is 9.50 Å². The molecule has 8 nitrogen and oxygen atoms in total. The molecular weight excluding hydrogens is 464 g/mol. The quantitative estimate of drug-likeness (QED) is 0.345. The number of hydrogen-bond acceptors (Lipinski definition) is 5. The van der Waals surface area contributed by atoms with Gasteiger partial charge in [-0.25, -0.2) is 14.1 Å². The van der Waals surface area contributed by atoms with E-state index in [-0.39, 0.29) is 16.7 Å². The predicted molar refractivity (Wildman–Crippen MR) is 143 cm³/mol. The van der Waals surface area contributed by atoms with E-state index >= 15 is 0 Å². The Labute approximate surface area is 209 Å². The van der Waals surface area contributed by atoms with Gasteiger partial charge < -0.3 is 20.8 Å². The molecule has 2 rings (SSSR count). The van der Waals surface area contributed by atoms with Gasteiger partial charge in [0.25, 0.3) is 0 Å². The molecule has 6 N–H and O–H groups in total. The monoisotopic (exact) mass is 504 g/mol. The van der Waals surface area contributed by atoms with E-state index < -0.39 is 27.1 Å². The van der Waals surface area contributed by atoms with Gasteiger partial charge in [0.2, 0.25) is 0 Å². The van der Waals surface area contributed by atoms with Crippen molar-refractivity contribution in [2.75, 3.05) is 17.7 Å². The van der Waals surface area contributed by atoms with Crippen LogP contribution in [0.2, 0.25) is 0 Å². The van der Waals surface area contributed by atoms with Gasteiger partial charge in [-0.1, -0.05) is 33.8 Å². The lowest BCUT2D eigenvalue weighted by atomic mass is 9.91. The molecular formula is C26H40N4O4S. The predicted octanol–water partition coefficient (Wildman–Crippen LogP) is 5.36. The molecule has 0 fully saturated rings. The van der Waals surface area contributed by atoms with Crippen molar-refractivity contribution in [3.8, 4) is 0 Å². The second kappa shape index (κ2) is 10.3. The van der Waals surface area contributed by atoms with Crippen LogP contribution in [0.25, 0.3) is 0 Å². The molecule has 194 valence electrons. The molecule has 0 radical (unpaired) electrons. The summed E-state index contributed by atoms with van der Waals surface area (Å²) >= 11 is 0. The molecule has 0 bridgehead atoms. The third-order valence-electron chi connectivity index (χ3n) is 5.84. The maximum atomic E-state index is 13.5. The molecule has 2 aromatic carbocycles. The fourth-order valence-corrected chi connectivity index (χ4v) is 4.66. The lowest BCUT2D eigenvalue weighted by Crippen LogP contribution is -2.24. The molecule has 0 unspecified atom stereocenters. The number of carbonyl (C=O) groups excluding carboxylic acids is 1. The summed E-state index contributed by atoms with van der Waals surface area (Å²) in [5, 5.41) is 33.1. The van der Waals surface area contributed by atoms with Crippen LogP contribution in [-0.4, -0.2) is 27.5 Å². The zero-order chi connectivity index (χ0) is 26.9. The largest absolute Gasteiger partial charge is 0.388 e. The van der Waals surface area contributed by atoms with Crippen LogP contribution < -0.4 is 15.8 Å². The van der Waals surface area contributed by atoms with Crippen molar-refractivity contribution in [2.45, 2.75) is 83.3 Å². The SMILES string of the molecule is CNc1cc(C(C)C)c(NC(=O)N=[S@@](N)(=O)c2cc(C(C)(C)O)cc(C(C)(C)O)c2)c(C(C)C)c1. The van der Waals surface area contributed by atoms with Gasteiger partial charge in [0, 0.05) is 18.4 Å². The minimum Gasteiger partial charge on any atom is -0.388 e. The number of hydrogen-bond donors (Lipinski definition) is 5. The van der Waals surface area contributed by atoms with Crippen LogP contribution in [0.3, 0.4) is 0 Å². The lowest BCUT2D eigenvalue weighted by molar-refractivity contribution is 0.0713. The average Bonchev–Trinajstić information content (AvgIpc) is 2.71. The highest BCUT2D eigenvalue weighted by Crippen LogP contribution is 2.36. The summed E-state index contributed by atoms with van der Waals surface area (Å²) in [5.74, 6) is 0.215. The summed E-state index contributed by atoms with van der Waals surface area (Å²) < 4.78 is 17.3. The number of aliphatic hydroxyl groups is 2. The molecule has 0 saturated carbocycles. The molecule has 0 aliphatic heterocycles. The van der Waals surface area contributed by atoms with E-state index in [4.69, 9.17) is 5.14 Å². The maximum absolute atomic E-state index is 13.5. The van der Waals surface area contributed by atoms with E-state index in [1.54, 1.807) is 33.8 Å². The highest BCUT2D eigenvalue weighted by Gasteiger charge is 2.26. The Morgan fingerprint density at radius 2 is 1.34 bits per heavy atom. The summed E-state index contributed by atoms with van der Waals surface area (Å²) in [6.45, 7) is 14.4. The highest BCUT2D eigenvalue weighted by molar-refractivity contribution is 7.91. The van der Waals surface area contributed by atoms with Crippen molar-refractivity contribution in [1.29, 1.82) is 0 Å². The van der Waals surface area contributed by atoms with Gasteiger partial charge in [-0.3, -0.25) is 0 Å². The fourth-order valence-electron chi connectivity index (χ4n) is 3.67. The van der Waals surface area contributed by atoms with E-state index in [1.165, 1.54) is 12.1 Å². The first kappa shape index (κ1) is 28.8. The second-order valence-electron chi connectivity index (χ2n) is 10.5. The van der Waals surface area contributed by atoms with Crippen molar-refractivity contribution < 1.29 is 19.2 Å². The van der Waals surface area contributed by atoms with E-state index in [9.17, 15) is 19.2 Å². The topological polar surface area (TPSA) is 137 Å². The number of nitrogens with one attached hydrogen (secondary N) is 2. The Kier molecular flexibility index (Phi) is 8.44. The summed E-state index contributed by atoms with van der Waals surface area (Å²) in [6.07, 6.45) is 0. The van der Waals surface area contributed by atoms with Gasteiger partial charge >= 0.3 is 6.03 Å². The molecule has 0 spiro atoms. The van der Waals surface area contributed by atoms with E-state index in [0.29, 0.717) is 16.8 Å². The first-order chi connectivity index (χ1) is 15.9. The molecule has 0 aromatic heterocycles. The van der Waals surface area contributed by atoms with Crippen molar-refractivity contribution in [3.63, 3.8) is 0 Å². The molecule has 0 saturated heterocycles. The molecule has 9 heteroatoms. The van der Waals surface area contributed by atoms with Crippen LogP contribution >= 0.6 is 0 Å². The van der Waals surface area contributed by atoms with E-state index in [0.717, 1.165) is 16.8 Å². The number of nitrogens with two attached hydrogens (primary N) is 1. The summed E-state index contributed by atoms with van der Waals surface area (Å²) in [7, 11) is -1.86. The zero-order valence-corrected chi connectivity index (χ0v) is 23.0. The molecule has 0 heterocycles. The minimum absolute atomic E-state index is 0.0445. The van der Waals surface area contributed by atoms with Crippen LogP contribution in [-0.2, 0) is 21.1 Å². The van der Waals surface area contributed by atoms with Gasteiger partial charge in [-0.05, 0) is 86.1 Å². The Balaban J connectivity index is 2.63. The average molecular weight is 505 g/mol. The van der Waals surface area contributed by atoms with Gasteiger partial charge in [-0.2, -0.15) is 0 Å². The third kappa shape index (κ3) is 7.04. The smallest absolute Gasteiger partial charge is 0.354 e.